The van der Waals surface area contributed by atoms with Crippen LogP contribution in [0.25, 0.3) is 0 Å². The number of carbonyl (C=O) groups excluding carboxylic acids is 1. The van der Waals surface area contributed by atoms with Crippen molar-refractivity contribution in [2.75, 3.05) is 33.3 Å². The van der Waals surface area contributed by atoms with E-state index in [4.69, 9.17) is 4.74 Å². The summed E-state index contributed by atoms with van der Waals surface area (Å²) >= 11 is 0. The average Bonchev–Trinajstić information content (AvgIpc) is 3.29. The monoisotopic (exact) mass is 418 g/mol. The molecule has 1 spiro atoms. The van der Waals surface area contributed by atoms with Gasteiger partial charge in [-0.15, -0.1) is 0 Å². The van der Waals surface area contributed by atoms with Crippen LogP contribution < -0.4 is 4.74 Å². The Hall–Kier alpha value is -2.33. The number of benzene rings is 2. The lowest BCUT2D eigenvalue weighted by atomic mass is 9.89. The second kappa shape index (κ2) is 8.31. The second-order valence-corrected chi connectivity index (χ2v) is 9.91. The van der Waals surface area contributed by atoms with Crippen molar-refractivity contribution in [1.82, 2.24) is 9.80 Å². The molecule has 1 heterocycles. The fourth-order valence-corrected chi connectivity index (χ4v) is 5.69. The first-order chi connectivity index (χ1) is 15.0. The maximum atomic E-state index is 13.0. The third-order valence-electron chi connectivity index (χ3n) is 7.92. The quantitative estimate of drug-likeness (QED) is 0.708. The number of ether oxygens (including phenoxy) is 1. The maximum absolute atomic E-state index is 13.0. The van der Waals surface area contributed by atoms with Crippen molar-refractivity contribution in [2.24, 2.45) is 11.3 Å². The molecule has 5 rings (SSSR count). The van der Waals surface area contributed by atoms with E-state index in [9.17, 15) is 4.79 Å². The van der Waals surface area contributed by atoms with E-state index >= 15 is 0 Å². The number of rotatable bonds is 6. The van der Waals surface area contributed by atoms with Gasteiger partial charge in [0, 0.05) is 19.0 Å². The highest BCUT2D eigenvalue weighted by Crippen LogP contribution is 2.60. The van der Waals surface area contributed by atoms with E-state index in [1.54, 1.807) is 0 Å². The van der Waals surface area contributed by atoms with Crippen molar-refractivity contribution in [1.29, 1.82) is 0 Å². The number of aryl methyl sites for hydroxylation is 1. The largest absolute Gasteiger partial charge is 0.492 e. The molecular formula is C27H34N2O2. The number of piperidine rings is 1. The van der Waals surface area contributed by atoms with Crippen LogP contribution in [-0.4, -0.2) is 55.0 Å². The van der Waals surface area contributed by atoms with E-state index in [0.29, 0.717) is 25.1 Å². The van der Waals surface area contributed by atoms with Crippen molar-refractivity contribution in [3.05, 3.63) is 65.2 Å². The van der Waals surface area contributed by atoms with Crippen LogP contribution in [0.3, 0.4) is 0 Å². The van der Waals surface area contributed by atoms with Crippen LogP contribution in [0.5, 0.6) is 5.75 Å². The summed E-state index contributed by atoms with van der Waals surface area (Å²) in [5, 5.41) is 0. The molecule has 0 aromatic heterocycles. The van der Waals surface area contributed by atoms with Gasteiger partial charge in [0.1, 0.15) is 12.4 Å². The normalized spacial score (nSPS) is 22.3. The molecule has 3 aliphatic rings. The van der Waals surface area contributed by atoms with E-state index < -0.39 is 0 Å². The lowest BCUT2D eigenvalue weighted by Gasteiger charge is -2.37. The number of hydrogen-bond donors (Lipinski definition) is 0. The van der Waals surface area contributed by atoms with Gasteiger partial charge in [0.2, 0.25) is 5.91 Å². The average molecular weight is 419 g/mol. The van der Waals surface area contributed by atoms with Crippen LogP contribution in [0.1, 0.15) is 36.0 Å². The maximum Gasteiger partial charge on any atom is 0.226 e. The number of amides is 1. The Morgan fingerprint density at radius 2 is 1.71 bits per heavy atom. The molecule has 0 N–H and O–H groups in total. The Morgan fingerprint density at radius 1 is 1.06 bits per heavy atom. The minimum Gasteiger partial charge on any atom is -0.492 e. The molecule has 1 saturated heterocycles. The molecule has 2 aromatic carbocycles. The zero-order chi connectivity index (χ0) is 21.4. The summed E-state index contributed by atoms with van der Waals surface area (Å²) in [6.07, 6.45) is 5.80. The summed E-state index contributed by atoms with van der Waals surface area (Å²) in [6.45, 7) is 5.54. The van der Waals surface area contributed by atoms with E-state index in [1.807, 2.05) is 24.1 Å². The third-order valence-corrected chi connectivity index (χ3v) is 7.92. The Labute approximate surface area is 186 Å². The summed E-state index contributed by atoms with van der Waals surface area (Å²) in [5.41, 5.74) is 4.55. The van der Waals surface area contributed by atoms with Gasteiger partial charge in [-0.1, -0.05) is 42.0 Å². The van der Waals surface area contributed by atoms with Crippen LogP contribution in [0.4, 0.5) is 0 Å². The van der Waals surface area contributed by atoms with Crippen molar-refractivity contribution < 1.29 is 9.53 Å². The molecule has 4 heteroatoms. The highest BCUT2D eigenvalue weighted by atomic mass is 16.5. The predicted molar refractivity (Wildman–Crippen MR) is 123 cm³/mol. The van der Waals surface area contributed by atoms with E-state index in [1.165, 1.54) is 42.4 Å². The standard InChI is InChI=1S/C27H34N2O2/c1-20-7-9-24(10-8-20)31-16-15-28(2)26(30)25-19-27(25)11-13-29(14-12-27)23-17-21-5-3-4-6-22(21)18-23/h3-10,23,25H,11-19H2,1-2H3. The number of hydrogen-bond acceptors (Lipinski definition) is 3. The zero-order valence-corrected chi connectivity index (χ0v) is 18.8. The van der Waals surface area contributed by atoms with Gasteiger partial charge in [0.15, 0.2) is 0 Å². The summed E-state index contributed by atoms with van der Waals surface area (Å²) in [6, 6.07) is 17.6. The van der Waals surface area contributed by atoms with Crippen LogP contribution in [0.15, 0.2) is 48.5 Å². The lowest BCUT2D eigenvalue weighted by molar-refractivity contribution is -0.132. The van der Waals surface area contributed by atoms with E-state index in [2.05, 4.69) is 48.2 Å². The van der Waals surface area contributed by atoms with Crippen molar-refractivity contribution in [3.8, 4) is 5.75 Å². The fraction of sp³-hybridized carbons (Fsp3) is 0.519. The van der Waals surface area contributed by atoms with E-state index in [0.717, 1.165) is 25.3 Å². The summed E-state index contributed by atoms with van der Waals surface area (Å²) in [5.74, 6) is 1.41. The molecule has 31 heavy (non-hydrogen) atoms. The first-order valence-electron chi connectivity index (χ1n) is 11.8. The molecule has 1 amide bonds. The highest BCUT2D eigenvalue weighted by Gasteiger charge is 2.59. The SMILES string of the molecule is Cc1ccc(OCCN(C)C(=O)C2CC23CCN(C2Cc4ccccc4C2)CC3)cc1. The smallest absolute Gasteiger partial charge is 0.226 e. The van der Waals surface area contributed by atoms with Crippen LogP contribution in [0.2, 0.25) is 0 Å². The van der Waals surface area contributed by atoms with Gasteiger partial charge in [0.05, 0.1) is 6.54 Å². The molecule has 2 aromatic rings. The first kappa shape index (κ1) is 20.6. The summed E-state index contributed by atoms with van der Waals surface area (Å²) < 4.78 is 5.82. The highest BCUT2D eigenvalue weighted by molar-refractivity contribution is 5.82. The Kier molecular flexibility index (Phi) is 5.51. The number of likely N-dealkylation sites (N-methyl/N-ethyl adjacent to an activating group) is 1. The molecule has 164 valence electrons. The number of fused-ring (bicyclic) bond motifs is 1. The van der Waals surface area contributed by atoms with Gasteiger partial charge in [-0.05, 0) is 80.8 Å². The number of nitrogens with zero attached hydrogens (tertiary/aromatic N) is 2. The summed E-state index contributed by atoms with van der Waals surface area (Å²) in [7, 11) is 1.93. The molecule has 2 fully saturated rings. The number of carbonyl (C=O) groups is 1. The number of likely N-dealkylation sites (tertiary alicyclic amines) is 1. The first-order valence-corrected chi connectivity index (χ1v) is 11.8. The van der Waals surface area contributed by atoms with Gasteiger partial charge < -0.3 is 9.64 Å². The molecule has 0 radical (unpaired) electrons. The van der Waals surface area contributed by atoms with Crippen molar-refractivity contribution in [3.63, 3.8) is 0 Å². The molecular weight excluding hydrogens is 384 g/mol. The summed E-state index contributed by atoms with van der Waals surface area (Å²) in [4.78, 5) is 17.6. The van der Waals surface area contributed by atoms with Crippen molar-refractivity contribution in [2.45, 2.75) is 45.1 Å². The van der Waals surface area contributed by atoms with E-state index in [-0.39, 0.29) is 11.3 Å². The van der Waals surface area contributed by atoms with Gasteiger partial charge in [-0.3, -0.25) is 9.69 Å². The van der Waals surface area contributed by atoms with Crippen molar-refractivity contribution >= 4 is 5.91 Å². The molecule has 4 nitrogen and oxygen atoms in total. The molecule has 1 aliphatic heterocycles. The van der Waals surface area contributed by atoms with Crippen LogP contribution >= 0.6 is 0 Å². The Bertz CT molecular complexity index is 906. The van der Waals surface area contributed by atoms with Gasteiger partial charge in [-0.25, -0.2) is 0 Å². The second-order valence-electron chi connectivity index (χ2n) is 9.91. The minimum absolute atomic E-state index is 0.222. The topological polar surface area (TPSA) is 32.8 Å². The van der Waals surface area contributed by atoms with Crippen LogP contribution in [0, 0.1) is 18.3 Å². The van der Waals surface area contributed by atoms with Crippen LogP contribution in [-0.2, 0) is 17.6 Å². The molecule has 0 bridgehead atoms. The molecule has 1 unspecified atom stereocenters. The Balaban J connectivity index is 1.07. The van der Waals surface area contributed by atoms with Gasteiger partial charge >= 0.3 is 0 Å². The van der Waals surface area contributed by atoms with Gasteiger partial charge in [-0.2, -0.15) is 0 Å². The minimum atomic E-state index is 0.222. The molecule has 1 saturated carbocycles. The predicted octanol–water partition coefficient (Wildman–Crippen LogP) is 4.10. The zero-order valence-electron chi connectivity index (χ0n) is 18.8. The third kappa shape index (κ3) is 4.23. The molecule has 2 aliphatic carbocycles. The Morgan fingerprint density at radius 3 is 2.35 bits per heavy atom. The fourth-order valence-electron chi connectivity index (χ4n) is 5.69. The van der Waals surface area contributed by atoms with Gasteiger partial charge in [0.25, 0.3) is 0 Å². The molecule has 1 atom stereocenters. The lowest BCUT2D eigenvalue weighted by Crippen LogP contribution is -2.43.